The first-order chi connectivity index (χ1) is 16.7. The van der Waals surface area contributed by atoms with Crippen molar-refractivity contribution in [2.45, 2.75) is 30.7 Å². The number of nitrogens with one attached hydrogen (secondary N) is 2. The van der Waals surface area contributed by atoms with Gasteiger partial charge in [-0.3, -0.25) is 14.3 Å². The van der Waals surface area contributed by atoms with Crippen LogP contribution in [0.15, 0.2) is 77.7 Å². The van der Waals surface area contributed by atoms with Crippen LogP contribution in [0.2, 0.25) is 0 Å². The number of anilines is 1. The van der Waals surface area contributed by atoms with Crippen LogP contribution in [0.4, 0.5) is 10.1 Å². The van der Waals surface area contributed by atoms with Crippen LogP contribution in [0.5, 0.6) is 0 Å². The molecule has 7 nitrogen and oxygen atoms in total. The van der Waals surface area contributed by atoms with Gasteiger partial charge in [0.1, 0.15) is 5.82 Å². The zero-order chi connectivity index (χ0) is 25.0. The Balaban J connectivity index is 1.33. The number of carbonyl (C=O) groups is 2. The standard InChI is InChI=1S/C26H26FN3O4S/c1-18-6-2-5-9-24(18)29-35(33,34)21-12-10-19(11-13-21)25(31)28-20-14-16-30(17-15-20)26(32)22-7-3-4-8-23(22)27/h2-13,20,29H,14-17H2,1H3,(H,28,31). The van der Waals surface area contributed by atoms with Crippen molar-refractivity contribution in [2.75, 3.05) is 17.8 Å². The van der Waals surface area contributed by atoms with Crippen LogP contribution < -0.4 is 10.0 Å². The first-order valence-corrected chi connectivity index (χ1v) is 12.8. The number of sulfonamides is 1. The van der Waals surface area contributed by atoms with Crippen LogP contribution >= 0.6 is 0 Å². The number of rotatable bonds is 6. The number of benzene rings is 3. The van der Waals surface area contributed by atoms with Crippen LogP contribution in [-0.4, -0.2) is 44.3 Å². The molecule has 0 aromatic heterocycles. The summed E-state index contributed by atoms with van der Waals surface area (Å²) in [6.07, 6.45) is 1.08. The average Bonchev–Trinajstić information content (AvgIpc) is 2.86. The van der Waals surface area contributed by atoms with E-state index in [1.54, 1.807) is 23.1 Å². The molecule has 35 heavy (non-hydrogen) atoms. The molecule has 4 rings (SSSR count). The molecule has 3 aromatic rings. The van der Waals surface area contributed by atoms with Crippen molar-refractivity contribution in [3.05, 3.63) is 95.3 Å². The number of hydrogen-bond acceptors (Lipinski definition) is 4. The Morgan fingerprint density at radius 2 is 1.54 bits per heavy atom. The summed E-state index contributed by atoms with van der Waals surface area (Å²) in [6, 6.07) is 18.5. The highest BCUT2D eigenvalue weighted by Gasteiger charge is 2.26. The largest absolute Gasteiger partial charge is 0.349 e. The van der Waals surface area contributed by atoms with E-state index < -0.39 is 15.8 Å². The molecule has 0 radical (unpaired) electrons. The van der Waals surface area contributed by atoms with Crippen molar-refractivity contribution in [2.24, 2.45) is 0 Å². The predicted molar refractivity (Wildman–Crippen MR) is 131 cm³/mol. The van der Waals surface area contributed by atoms with Gasteiger partial charge in [0.2, 0.25) is 0 Å². The molecule has 2 amide bonds. The summed E-state index contributed by atoms with van der Waals surface area (Å²) in [5.74, 6) is -1.23. The van der Waals surface area contributed by atoms with E-state index in [4.69, 9.17) is 0 Å². The maximum atomic E-state index is 13.9. The number of carbonyl (C=O) groups excluding carboxylic acids is 2. The third-order valence-corrected chi connectivity index (χ3v) is 7.42. The van der Waals surface area contributed by atoms with Crippen LogP contribution in [0.3, 0.4) is 0 Å². The fraction of sp³-hybridized carbons (Fsp3) is 0.231. The van der Waals surface area contributed by atoms with Crippen molar-refractivity contribution < 1.29 is 22.4 Å². The van der Waals surface area contributed by atoms with E-state index in [2.05, 4.69) is 10.0 Å². The van der Waals surface area contributed by atoms with E-state index in [1.807, 2.05) is 19.1 Å². The van der Waals surface area contributed by atoms with E-state index >= 15 is 0 Å². The molecule has 1 heterocycles. The normalized spacial score (nSPS) is 14.4. The lowest BCUT2D eigenvalue weighted by atomic mass is 10.0. The monoisotopic (exact) mass is 495 g/mol. The zero-order valence-corrected chi connectivity index (χ0v) is 20.0. The number of hydrogen-bond donors (Lipinski definition) is 2. The molecule has 1 aliphatic rings. The Morgan fingerprint density at radius 1 is 0.914 bits per heavy atom. The first kappa shape index (κ1) is 24.4. The van der Waals surface area contributed by atoms with E-state index in [9.17, 15) is 22.4 Å². The number of halogens is 1. The second-order valence-electron chi connectivity index (χ2n) is 8.46. The highest BCUT2D eigenvalue weighted by Crippen LogP contribution is 2.20. The summed E-state index contributed by atoms with van der Waals surface area (Å²) in [5, 5.41) is 2.94. The van der Waals surface area contributed by atoms with Crippen LogP contribution in [0, 0.1) is 12.7 Å². The summed E-state index contributed by atoms with van der Waals surface area (Å²) in [5.41, 5.74) is 1.68. The van der Waals surface area contributed by atoms with Crippen molar-refractivity contribution in [1.29, 1.82) is 0 Å². The summed E-state index contributed by atoms with van der Waals surface area (Å²) in [7, 11) is -3.79. The molecule has 2 N–H and O–H groups in total. The summed E-state index contributed by atoms with van der Waals surface area (Å²) in [4.78, 5) is 26.9. The summed E-state index contributed by atoms with van der Waals surface area (Å²) < 4.78 is 41.9. The van der Waals surface area contributed by atoms with E-state index in [0.717, 1.165) is 5.56 Å². The van der Waals surface area contributed by atoms with E-state index in [1.165, 1.54) is 42.5 Å². The molecule has 0 saturated carbocycles. The van der Waals surface area contributed by atoms with Crippen molar-refractivity contribution >= 4 is 27.5 Å². The second-order valence-corrected chi connectivity index (χ2v) is 10.1. The van der Waals surface area contributed by atoms with Gasteiger partial charge in [-0.25, -0.2) is 12.8 Å². The number of piperidine rings is 1. The van der Waals surface area contributed by atoms with Crippen LogP contribution in [0.1, 0.15) is 39.1 Å². The highest BCUT2D eigenvalue weighted by molar-refractivity contribution is 7.92. The molecule has 182 valence electrons. The highest BCUT2D eigenvalue weighted by atomic mass is 32.2. The molecule has 1 aliphatic heterocycles. The molecule has 9 heteroatoms. The van der Waals surface area contributed by atoms with Gasteiger partial charge in [-0.05, 0) is 67.8 Å². The van der Waals surface area contributed by atoms with Gasteiger partial charge in [0.05, 0.1) is 16.1 Å². The molecule has 0 atom stereocenters. The van der Waals surface area contributed by atoms with Gasteiger partial charge in [0.25, 0.3) is 21.8 Å². The Labute approximate surface area is 204 Å². The Bertz CT molecular complexity index is 1330. The minimum Gasteiger partial charge on any atom is -0.349 e. The van der Waals surface area contributed by atoms with Crippen molar-refractivity contribution in [3.8, 4) is 0 Å². The molecule has 0 unspecified atom stereocenters. The summed E-state index contributed by atoms with van der Waals surface area (Å²) >= 11 is 0. The molecule has 3 aromatic carbocycles. The molecular weight excluding hydrogens is 469 g/mol. The number of likely N-dealkylation sites (tertiary alicyclic amines) is 1. The van der Waals surface area contributed by atoms with Gasteiger partial charge >= 0.3 is 0 Å². The Morgan fingerprint density at radius 3 is 2.20 bits per heavy atom. The minimum absolute atomic E-state index is 0.0435. The van der Waals surface area contributed by atoms with Crippen molar-refractivity contribution in [3.63, 3.8) is 0 Å². The van der Waals surface area contributed by atoms with Crippen LogP contribution in [0.25, 0.3) is 0 Å². The van der Waals surface area contributed by atoms with Gasteiger partial charge in [-0.1, -0.05) is 30.3 Å². The molecule has 1 fully saturated rings. The van der Waals surface area contributed by atoms with Gasteiger partial charge < -0.3 is 10.2 Å². The third-order valence-electron chi connectivity index (χ3n) is 6.04. The fourth-order valence-corrected chi connectivity index (χ4v) is 5.11. The fourth-order valence-electron chi connectivity index (χ4n) is 3.98. The molecule has 0 bridgehead atoms. The zero-order valence-electron chi connectivity index (χ0n) is 19.2. The maximum Gasteiger partial charge on any atom is 0.261 e. The lowest BCUT2D eigenvalue weighted by Crippen LogP contribution is -2.46. The van der Waals surface area contributed by atoms with Gasteiger partial charge in [-0.15, -0.1) is 0 Å². The van der Waals surface area contributed by atoms with Gasteiger partial charge in [0.15, 0.2) is 0 Å². The maximum absolute atomic E-state index is 13.9. The molecule has 0 spiro atoms. The number of nitrogens with zero attached hydrogens (tertiary/aromatic N) is 1. The molecular formula is C26H26FN3O4S. The van der Waals surface area contributed by atoms with E-state index in [0.29, 0.717) is 37.2 Å². The third kappa shape index (κ3) is 5.68. The predicted octanol–water partition coefficient (Wildman–Crippen LogP) is 3.97. The Kier molecular flexibility index (Phi) is 7.16. The minimum atomic E-state index is -3.79. The Hall–Kier alpha value is -3.72. The SMILES string of the molecule is Cc1ccccc1NS(=O)(=O)c1ccc(C(=O)NC2CCN(C(=O)c3ccccc3F)CC2)cc1. The van der Waals surface area contributed by atoms with E-state index in [-0.39, 0.29) is 28.3 Å². The van der Waals surface area contributed by atoms with Crippen LogP contribution in [-0.2, 0) is 10.0 Å². The smallest absolute Gasteiger partial charge is 0.261 e. The lowest BCUT2D eigenvalue weighted by Gasteiger charge is -2.32. The quantitative estimate of drug-likeness (QED) is 0.541. The lowest BCUT2D eigenvalue weighted by molar-refractivity contribution is 0.0693. The molecule has 1 saturated heterocycles. The molecule has 0 aliphatic carbocycles. The van der Waals surface area contributed by atoms with Crippen molar-refractivity contribution in [1.82, 2.24) is 10.2 Å². The number of amides is 2. The van der Waals surface area contributed by atoms with Gasteiger partial charge in [0, 0.05) is 24.7 Å². The average molecular weight is 496 g/mol. The van der Waals surface area contributed by atoms with Gasteiger partial charge in [-0.2, -0.15) is 0 Å². The topological polar surface area (TPSA) is 95.6 Å². The number of para-hydroxylation sites is 1. The first-order valence-electron chi connectivity index (χ1n) is 11.3. The number of aryl methyl sites for hydroxylation is 1. The summed E-state index contributed by atoms with van der Waals surface area (Å²) in [6.45, 7) is 2.62. The second kappa shape index (κ2) is 10.3.